The fraction of sp³-hybridized carbons (Fsp3) is 0.238. The molecule has 0 radical (unpaired) electrons. The van der Waals surface area contributed by atoms with E-state index < -0.39 is 60.4 Å². The van der Waals surface area contributed by atoms with Crippen LogP contribution in [0.5, 0.6) is 0 Å². The van der Waals surface area contributed by atoms with E-state index in [0.29, 0.717) is 5.69 Å². The summed E-state index contributed by atoms with van der Waals surface area (Å²) >= 11 is 0. The van der Waals surface area contributed by atoms with Gasteiger partial charge >= 0.3 is 0 Å². The summed E-state index contributed by atoms with van der Waals surface area (Å²) in [5.74, 6) is 0. The molecule has 0 aromatic heterocycles. The Morgan fingerprint density at radius 3 is 1.64 bits per heavy atom. The van der Waals surface area contributed by atoms with Crippen molar-refractivity contribution in [1.29, 1.82) is 0 Å². The maximum Gasteiger partial charge on any atom is 0.252 e. The van der Waals surface area contributed by atoms with Crippen LogP contribution in [-0.4, -0.2) is 6.71 Å². The zero-order valence-electron chi connectivity index (χ0n) is 50.4. The van der Waals surface area contributed by atoms with Gasteiger partial charge in [0, 0.05) is 56.6 Å². The van der Waals surface area contributed by atoms with Gasteiger partial charge in [-0.05, 0) is 150 Å². The molecule has 332 valence electrons. The van der Waals surface area contributed by atoms with E-state index in [-0.39, 0.29) is 45.4 Å². The van der Waals surface area contributed by atoms with Gasteiger partial charge in [0.2, 0.25) is 0 Å². The van der Waals surface area contributed by atoms with Crippen LogP contribution in [0.1, 0.15) is 118 Å². The molecule has 8 aromatic carbocycles. The minimum Gasteiger partial charge on any atom is -0.311 e. The molecule has 4 heteroatoms. The molecule has 1 aliphatic carbocycles. The molecule has 8 aromatic rings. The molecule has 0 atom stereocenters. The molecule has 0 fully saturated rings. The van der Waals surface area contributed by atoms with Crippen LogP contribution in [0, 0.1) is 0 Å². The van der Waals surface area contributed by atoms with Crippen molar-refractivity contribution in [3.63, 3.8) is 0 Å². The highest BCUT2D eigenvalue weighted by atomic mass is 15.2. The van der Waals surface area contributed by atoms with Gasteiger partial charge in [-0.2, -0.15) is 0 Å². The predicted octanol–water partition coefficient (Wildman–Crippen LogP) is 15.4. The van der Waals surface area contributed by atoms with Crippen molar-refractivity contribution in [1.82, 2.24) is 0 Å². The lowest BCUT2D eigenvalue weighted by Crippen LogP contribution is -2.61. The van der Waals surface area contributed by atoms with Crippen molar-refractivity contribution in [2.75, 3.05) is 14.7 Å². The van der Waals surface area contributed by atoms with Crippen LogP contribution in [0.4, 0.5) is 51.2 Å². The summed E-state index contributed by atoms with van der Waals surface area (Å²) in [6.45, 7) is 24.4. The lowest BCUT2D eigenvalue weighted by Gasteiger charge is -2.45. The van der Waals surface area contributed by atoms with Crippen molar-refractivity contribution in [3.8, 4) is 11.1 Å². The predicted molar refractivity (Wildman–Crippen MR) is 289 cm³/mol. The molecule has 11 rings (SSSR count). The summed E-state index contributed by atoms with van der Waals surface area (Å²) in [4.78, 5) is 5.94. The minimum absolute atomic E-state index is 0.157. The van der Waals surface area contributed by atoms with Crippen LogP contribution in [0.25, 0.3) is 11.1 Å². The van der Waals surface area contributed by atoms with Crippen LogP contribution in [0.2, 0.25) is 0 Å². The largest absolute Gasteiger partial charge is 0.311 e. The molecule has 2 heterocycles. The van der Waals surface area contributed by atoms with E-state index in [4.69, 9.17) is 8.22 Å². The van der Waals surface area contributed by atoms with E-state index in [1.165, 1.54) is 27.2 Å². The first-order valence-electron chi connectivity index (χ1n) is 28.4. The Hall–Kier alpha value is -6.78. The molecule has 3 aliphatic rings. The lowest BCUT2D eigenvalue weighted by molar-refractivity contribution is 0.568. The van der Waals surface area contributed by atoms with E-state index >= 15 is 0 Å². The number of anilines is 9. The van der Waals surface area contributed by atoms with Crippen molar-refractivity contribution in [2.45, 2.75) is 97.8 Å². The molecule has 0 amide bonds. The number of para-hydroxylation sites is 2. The average molecular weight is 882 g/mol. The Labute approximate surface area is 413 Å². The van der Waals surface area contributed by atoms with Crippen molar-refractivity contribution in [3.05, 3.63) is 204 Å². The number of benzene rings is 8. The van der Waals surface area contributed by atoms with Gasteiger partial charge in [0.25, 0.3) is 6.71 Å². The third-order valence-corrected chi connectivity index (χ3v) is 14.3. The number of fused-ring (bicyclic) bond motifs is 7. The monoisotopic (exact) mass is 882 g/mol. The van der Waals surface area contributed by atoms with Crippen LogP contribution < -0.4 is 31.1 Å². The Bertz CT molecular complexity index is 3690. The van der Waals surface area contributed by atoms with Gasteiger partial charge < -0.3 is 14.7 Å². The number of hydrogen-bond donors (Lipinski definition) is 0. The van der Waals surface area contributed by atoms with Crippen LogP contribution in [0.3, 0.4) is 0 Å². The highest BCUT2D eigenvalue weighted by Gasteiger charge is 2.45. The Balaban J connectivity index is 1.26. The maximum absolute atomic E-state index is 9.32. The molecule has 0 saturated heterocycles. The normalized spacial score (nSPS) is 16.6. The highest BCUT2D eigenvalue weighted by molar-refractivity contribution is 7.00. The van der Waals surface area contributed by atoms with Gasteiger partial charge in [-0.25, -0.2) is 0 Å². The second kappa shape index (κ2) is 15.1. The summed E-state index contributed by atoms with van der Waals surface area (Å²) in [5.41, 5.74) is 15.6. The maximum atomic E-state index is 9.32. The molecule has 0 spiro atoms. The summed E-state index contributed by atoms with van der Waals surface area (Å²) in [7, 11) is 0. The zero-order chi connectivity index (χ0) is 55.5. The van der Waals surface area contributed by atoms with Gasteiger partial charge in [-0.15, -0.1) is 0 Å². The zero-order valence-corrected chi connectivity index (χ0v) is 40.4. The fourth-order valence-corrected chi connectivity index (χ4v) is 10.6. The van der Waals surface area contributed by atoms with E-state index in [1.807, 2.05) is 12.1 Å². The first-order valence-corrected chi connectivity index (χ1v) is 23.4. The summed E-state index contributed by atoms with van der Waals surface area (Å²) in [6.07, 6.45) is 0. The molecule has 0 bridgehead atoms. The third-order valence-electron chi connectivity index (χ3n) is 14.3. The van der Waals surface area contributed by atoms with Gasteiger partial charge in [0.1, 0.15) is 0 Å². The standard InChI is InChI=1S/C63H62BN3/c1-60(2,3)41-29-34-55-54(38-41)64-53-33-31-47(65(44-21-14-12-15-22-44)45-23-16-13-17-24-45)40-58(53)66(46-30-32-50-49-25-18-19-26-51(49)63(10,11)52(50)39-46)56-27-20-28-57(59(56)64)67(55)48-36-42(61(4,5)6)35-43(37-48)62(7,8)9/h12-40H,1-11H3/i12D,13D,14D,15D,16D,17D,21D,22D,23D,24D. The van der Waals surface area contributed by atoms with Crippen molar-refractivity contribution < 1.29 is 13.7 Å². The highest BCUT2D eigenvalue weighted by Crippen LogP contribution is 2.52. The number of rotatable bonds is 5. The molecule has 0 saturated carbocycles. The summed E-state index contributed by atoms with van der Waals surface area (Å²) in [5, 5.41) is 0. The topological polar surface area (TPSA) is 9.72 Å². The number of hydrogen-bond acceptors (Lipinski definition) is 3. The van der Waals surface area contributed by atoms with E-state index in [2.05, 4.69) is 183 Å². The molecule has 2 aliphatic heterocycles. The molecule has 67 heavy (non-hydrogen) atoms. The average Bonchev–Trinajstić information content (AvgIpc) is 3.82. The van der Waals surface area contributed by atoms with Crippen LogP contribution in [-0.2, 0) is 21.7 Å². The molecule has 0 N–H and O–H groups in total. The van der Waals surface area contributed by atoms with Crippen molar-refractivity contribution >= 4 is 74.3 Å². The van der Waals surface area contributed by atoms with Crippen LogP contribution in [0.15, 0.2) is 176 Å². The quantitative estimate of drug-likeness (QED) is 0.160. The van der Waals surface area contributed by atoms with Crippen LogP contribution >= 0.6 is 0 Å². The minimum atomic E-state index is -0.623. The van der Waals surface area contributed by atoms with E-state index in [9.17, 15) is 5.48 Å². The Morgan fingerprint density at radius 1 is 0.448 bits per heavy atom. The fourth-order valence-electron chi connectivity index (χ4n) is 10.6. The molecule has 0 unspecified atom stereocenters. The van der Waals surface area contributed by atoms with E-state index in [1.54, 1.807) is 6.07 Å². The smallest absolute Gasteiger partial charge is 0.252 e. The van der Waals surface area contributed by atoms with Crippen molar-refractivity contribution in [2.24, 2.45) is 0 Å². The molecule has 3 nitrogen and oxygen atoms in total. The summed E-state index contributed by atoms with van der Waals surface area (Å²) < 4.78 is 89.7. The second-order valence-corrected chi connectivity index (χ2v) is 22.0. The van der Waals surface area contributed by atoms with Gasteiger partial charge in [-0.3, -0.25) is 0 Å². The molecular formula is C63H62BN3. The Morgan fingerprint density at radius 2 is 1.03 bits per heavy atom. The first-order chi connectivity index (χ1) is 36.0. The SMILES string of the molecule is [2H]c1c([2H])c([2H])c(N(c2ccc3c(c2)N(c2ccc4c(c2)C(C)(C)c2ccccc2-4)c2cccc4c2B3c2cc(C(C)(C)C)ccc2N4c2cc(C(C)(C)C)cc(C(C)(C)C)c2)c2c([2H])c([2H])c([2H])c([2H])c2[2H])c([2H])c1[2H]. The molecular weight excluding hydrogens is 810 g/mol. The first kappa shape index (κ1) is 32.8. The number of nitrogens with zero attached hydrogens (tertiary/aromatic N) is 3. The second-order valence-electron chi connectivity index (χ2n) is 22.0. The Kier molecular flexibility index (Phi) is 7.41. The lowest BCUT2D eigenvalue weighted by atomic mass is 9.33. The van der Waals surface area contributed by atoms with Gasteiger partial charge in [0.15, 0.2) is 0 Å². The van der Waals surface area contributed by atoms with Gasteiger partial charge in [0.05, 0.1) is 13.7 Å². The van der Waals surface area contributed by atoms with Gasteiger partial charge in [-0.1, -0.05) is 173 Å². The summed E-state index contributed by atoms with van der Waals surface area (Å²) in [6, 6.07) is 35.1. The van der Waals surface area contributed by atoms with E-state index in [0.717, 1.165) is 61.5 Å². The third kappa shape index (κ3) is 6.94.